The highest BCUT2D eigenvalue weighted by Crippen LogP contribution is 2.43. The number of likely N-dealkylation sites (tertiary alicyclic amines) is 1. The van der Waals surface area contributed by atoms with Gasteiger partial charge in [0.05, 0.1) is 14.2 Å². The Labute approximate surface area is 166 Å². The van der Waals surface area contributed by atoms with Crippen LogP contribution in [-0.2, 0) is 6.42 Å². The van der Waals surface area contributed by atoms with Crippen LogP contribution in [0.2, 0.25) is 0 Å². The second-order valence-corrected chi connectivity index (χ2v) is 8.07. The Kier molecular flexibility index (Phi) is 5.30. The van der Waals surface area contributed by atoms with Gasteiger partial charge in [-0.25, -0.2) is 4.39 Å². The molecule has 1 aliphatic carbocycles. The van der Waals surface area contributed by atoms with Crippen LogP contribution in [0.5, 0.6) is 11.5 Å². The van der Waals surface area contributed by atoms with Crippen molar-refractivity contribution in [1.29, 1.82) is 0 Å². The minimum atomic E-state index is -0.0593. The zero-order chi connectivity index (χ0) is 19.8. The molecule has 0 bridgehead atoms. The molecule has 1 aliphatic heterocycles. The average molecular weight is 384 g/mol. The lowest BCUT2D eigenvalue weighted by Gasteiger charge is -2.26. The summed E-state index contributed by atoms with van der Waals surface area (Å²) in [4.78, 5) is 4.76. The number of benzene rings is 2. The van der Waals surface area contributed by atoms with E-state index in [-0.39, 0.29) is 11.9 Å². The molecule has 150 valence electrons. The molecule has 4 rings (SSSR count). The van der Waals surface area contributed by atoms with Gasteiger partial charge in [0.2, 0.25) is 0 Å². The van der Waals surface area contributed by atoms with Crippen molar-refractivity contribution in [3.8, 4) is 11.5 Å². The molecule has 0 spiro atoms. The molecule has 0 saturated carbocycles. The minimum absolute atomic E-state index is 0.0593. The number of ether oxygens (including phenoxy) is 2. The number of nitrogens with zero attached hydrogens (tertiary/aromatic N) is 2. The van der Waals surface area contributed by atoms with Crippen molar-refractivity contribution in [3.63, 3.8) is 0 Å². The van der Waals surface area contributed by atoms with Gasteiger partial charge in [-0.2, -0.15) is 0 Å². The van der Waals surface area contributed by atoms with Crippen LogP contribution in [0.1, 0.15) is 35.1 Å². The average Bonchev–Trinajstić information content (AvgIpc) is 3.32. The molecule has 1 unspecified atom stereocenters. The number of hydrogen-bond acceptors (Lipinski definition) is 4. The number of hydrogen-bond donors (Lipinski definition) is 0. The second-order valence-electron chi connectivity index (χ2n) is 8.07. The highest BCUT2D eigenvalue weighted by atomic mass is 19.1. The zero-order valence-electron chi connectivity index (χ0n) is 17.1. The van der Waals surface area contributed by atoms with Gasteiger partial charge >= 0.3 is 0 Å². The lowest BCUT2D eigenvalue weighted by Crippen LogP contribution is -2.35. The quantitative estimate of drug-likeness (QED) is 0.782. The topological polar surface area (TPSA) is 24.9 Å². The molecule has 5 heteroatoms. The van der Waals surface area contributed by atoms with E-state index >= 15 is 0 Å². The van der Waals surface area contributed by atoms with Crippen LogP contribution in [0.4, 0.5) is 4.39 Å². The van der Waals surface area contributed by atoms with Crippen molar-refractivity contribution in [3.05, 3.63) is 58.9 Å². The first kappa shape index (κ1) is 19.2. The summed E-state index contributed by atoms with van der Waals surface area (Å²) in [6.07, 6.45) is 1.96. The molecule has 0 radical (unpaired) electrons. The zero-order valence-corrected chi connectivity index (χ0v) is 17.1. The molecule has 0 aromatic heterocycles. The molecule has 1 saturated heterocycles. The molecule has 2 aromatic carbocycles. The highest BCUT2D eigenvalue weighted by molar-refractivity contribution is 5.45. The Hall–Kier alpha value is -2.11. The third-order valence-electron chi connectivity index (χ3n) is 6.42. The van der Waals surface area contributed by atoms with Crippen LogP contribution in [0.25, 0.3) is 0 Å². The fourth-order valence-corrected chi connectivity index (χ4v) is 4.98. The smallest absolute Gasteiger partial charge is 0.160 e. The molecule has 1 heterocycles. The van der Waals surface area contributed by atoms with Gasteiger partial charge < -0.3 is 14.4 Å². The normalized spacial score (nSPS) is 24.6. The van der Waals surface area contributed by atoms with E-state index in [0.717, 1.165) is 43.0 Å². The number of fused-ring (bicyclic) bond motifs is 1. The van der Waals surface area contributed by atoms with E-state index in [4.69, 9.17) is 9.47 Å². The van der Waals surface area contributed by atoms with E-state index in [1.54, 1.807) is 20.3 Å². The van der Waals surface area contributed by atoms with Crippen LogP contribution >= 0.6 is 0 Å². The number of likely N-dealkylation sites (N-methyl/N-ethyl adjacent to an activating group) is 1. The Bertz CT molecular complexity index is 854. The monoisotopic (exact) mass is 384 g/mol. The molecule has 2 aliphatic rings. The van der Waals surface area contributed by atoms with Gasteiger partial charge in [0.15, 0.2) is 11.5 Å². The summed E-state index contributed by atoms with van der Waals surface area (Å²) in [7, 11) is 7.59. The van der Waals surface area contributed by atoms with Crippen LogP contribution in [0.15, 0.2) is 36.4 Å². The molecule has 2 aromatic rings. The summed E-state index contributed by atoms with van der Waals surface area (Å²) in [5.74, 6) is 1.78. The standard InChI is InChI=1S/C23H29FN2O2/c1-25(2)20-14-26(19-10-8-15-6-5-7-18(24)23(15)19)13-17(20)16-9-11-21(27-3)22(12-16)28-4/h5-7,9,11-12,17,19-20H,8,10,13-14H2,1-4H3/t17-,19?,20+/m0/s1. The summed E-state index contributed by atoms with van der Waals surface area (Å²) in [5.41, 5.74) is 3.32. The summed E-state index contributed by atoms with van der Waals surface area (Å²) < 4.78 is 25.5. The van der Waals surface area contributed by atoms with Crippen molar-refractivity contribution in [1.82, 2.24) is 9.80 Å². The lowest BCUT2D eigenvalue weighted by atomic mass is 9.93. The van der Waals surface area contributed by atoms with Gasteiger partial charge in [0.25, 0.3) is 0 Å². The largest absolute Gasteiger partial charge is 0.493 e. The van der Waals surface area contributed by atoms with Crippen molar-refractivity contribution < 1.29 is 13.9 Å². The van der Waals surface area contributed by atoms with Crippen molar-refractivity contribution in [2.75, 3.05) is 41.4 Å². The van der Waals surface area contributed by atoms with E-state index in [1.807, 2.05) is 12.1 Å². The van der Waals surface area contributed by atoms with E-state index in [2.05, 4.69) is 42.1 Å². The van der Waals surface area contributed by atoms with Gasteiger partial charge in [-0.1, -0.05) is 18.2 Å². The first-order chi connectivity index (χ1) is 13.5. The van der Waals surface area contributed by atoms with Gasteiger partial charge in [-0.05, 0) is 56.3 Å². The molecular weight excluding hydrogens is 355 g/mol. The molecular formula is C23H29FN2O2. The molecule has 0 amide bonds. The summed E-state index contributed by atoms with van der Waals surface area (Å²) in [5, 5.41) is 0. The lowest BCUT2D eigenvalue weighted by molar-refractivity contribution is 0.213. The molecule has 28 heavy (non-hydrogen) atoms. The number of rotatable bonds is 5. The Balaban J connectivity index is 1.64. The Morgan fingerprint density at radius 2 is 1.82 bits per heavy atom. The SMILES string of the molecule is COc1ccc([C@@H]2CN(C3CCc4cccc(F)c43)C[C@H]2N(C)C)cc1OC. The van der Waals surface area contributed by atoms with Gasteiger partial charge in [0, 0.05) is 36.7 Å². The summed E-state index contributed by atoms with van der Waals surface area (Å²) in [6.45, 7) is 1.85. The van der Waals surface area contributed by atoms with Crippen LogP contribution in [0.3, 0.4) is 0 Å². The van der Waals surface area contributed by atoms with Gasteiger partial charge in [0.1, 0.15) is 5.82 Å². The fraction of sp³-hybridized carbons (Fsp3) is 0.478. The van der Waals surface area contributed by atoms with Crippen molar-refractivity contribution in [2.24, 2.45) is 0 Å². The third-order valence-corrected chi connectivity index (χ3v) is 6.42. The summed E-state index contributed by atoms with van der Waals surface area (Å²) >= 11 is 0. The first-order valence-corrected chi connectivity index (χ1v) is 9.93. The van der Waals surface area contributed by atoms with Crippen molar-refractivity contribution >= 4 is 0 Å². The number of aryl methyl sites for hydroxylation is 1. The third kappa shape index (κ3) is 3.27. The van der Waals surface area contributed by atoms with Gasteiger partial charge in [-0.3, -0.25) is 4.90 Å². The molecule has 1 fully saturated rings. The molecule has 0 N–H and O–H groups in total. The van der Waals surface area contributed by atoms with Crippen LogP contribution < -0.4 is 9.47 Å². The number of methoxy groups -OCH3 is 2. The van der Waals surface area contributed by atoms with E-state index in [0.29, 0.717) is 12.0 Å². The van der Waals surface area contributed by atoms with Gasteiger partial charge in [-0.15, -0.1) is 0 Å². The highest BCUT2D eigenvalue weighted by Gasteiger charge is 2.41. The van der Waals surface area contributed by atoms with E-state index in [1.165, 1.54) is 11.1 Å². The molecule has 4 nitrogen and oxygen atoms in total. The Morgan fingerprint density at radius 1 is 1.04 bits per heavy atom. The predicted octanol–water partition coefficient (Wildman–Crippen LogP) is 3.86. The maximum Gasteiger partial charge on any atom is 0.160 e. The van der Waals surface area contributed by atoms with Crippen molar-refractivity contribution in [2.45, 2.75) is 30.8 Å². The van der Waals surface area contributed by atoms with Crippen LogP contribution in [0, 0.1) is 5.82 Å². The van der Waals surface area contributed by atoms with E-state index < -0.39 is 0 Å². The Morgan fingerprint density at radius 3 is 2.54 bits per heavy atom. The second kappa shape index (κ2) is 7.72. The van der Waals surface area contributed by atoms with E-state index in [9.17, 15) is 4.39 Å². The maximum absolute atomic E-state index is 14.6. The van der Waals surface area contributed by atoms with Crippen LogP contribution in [-0.4, -0.2) is 57.2 Å². The molecule has 3 atom stereocenters. The fourth-order valence-electron chi connectivity index (χ4n) is 4.98. The summed E-state index contributed by atoms with van der Waals surface area (Å²) in [6, 6.07) is 12.2. The minimum Gasteiger partial charge on any atom is -0.493 e. The number of halogens is 1. The maximum atomic E-state index is 14.6. The first-order valence-electron chi connectivity index (χ1n) is 9.93. The predicted molar refractivity (Wildman–Crippen MR) is 109 cm³/mol.